The molecule has 0 fully saturated rings. The lowest BCUT2D eigenvalue weighted by Crippen LogP contribution is -2.03. The van der Waals surface area contributed by atoms with E-state index in [2.05, 4.69) is 302 Å². The zero-order valence-electron chi connectivity index (χ0n) is 45.3. The van der Waals surface area contributed by atoms with E-state index in [1.54, 1.807) is 0 Å². The lowest BCUT2D eigenvalue weighted by molar-refractivity contribution is 0.645. The average molecular weight is 1080 g/mol. The minimum atomic E-state index is 0.668. The molecule has 3 heteroatoms. The summed E-state index contributed by atoms with van der Waals surface area (Å²) in [4.78, 5) is 0. The fraction of sp³-hybridized carbons (Fsp3) is 0. The van der Waals surface area contributed by atoms with E-state index in [-0.39, 0.29) is 0 Å². The Balaban J connectivity index is 1.14. The number of nitrogens with zero attached hydrogens (tertiary/aromatic N) is 1. The molecule has 390 valence electrons. The second-order valence-corrected chi connectivity index (χ2v) is 21.7. The minimum absolute atomic E-state index is 0.668. The van der Waals surface area contributed by atoms with Crippen LogP contribution in [-0.2, 0) is 0 Å². The summed E-state index contributed by atoms with van der Waals surface area (Å²) < 4.78 is 9.10. The van der Waals surface area contributed by atoms with Crippen LogP contribution in [0, 0.1) is 0 Å². The van der Waals surface area contributed by atoms with Crippen LogP contribution in [-0.4, -0.2) is 4.57 Å². The molecule has 0 aliphatic rings. The molecular formula is C80H52ClNO. The van der Waals surface area contributed by atoms with Gasteiger partial charge in [0.05, 0.1) is 10.9 Å². The van der Waals surface area contributed by atoms with Crippen molar-refractivity contribution in [2.75, 3.05) is 0 Å². The van der Waals surface area contributed by atoms with Crippen molar-refractivity contribution in [1.82, 2.24) is 4.57 Å². The zero-order valence-corrected chi connectivity index (χ0v) is 46.0. The highest BCUT2D eigenvalue weighted by molar-refractivity contribution is 6.30. The van der Waals surface area contributed by atoms with E-state index in [1.807, 2.05) is 18.2 Å². The van der Waals surface area contributed by atoms with Crippen LogP contribution in [0.25, 0.3) is 150 Å². The largest absolute Gasteiger partial charge is 0.439 e. The van der Waals surface area contributed by atoms with Gasteiger partial charge in [-0.1, -0.05) is 254 Å². The second-order valence-electron chi connectivity index (χ2n) is 21.2. The quantitative estimate of drug-likeness (QED) is 0.126. The SMILES string of the molecule is Clc1ccc(-c2c(-c3ccc(-n4c5ccccc5c5c6ccccc6oc54)cc3)c(-c3cc(-c4ccccc4)cc(-c4ccccc4)c3)c(-c3ccccc3)c(-c3ccccc3)c2-c2cc(-c3ccccc3)cc(-c3ccccc3)c2)cc1. The predicted octanol–water partition coefficient (Wildman–Crippen LogP) is 22.9. The van der Waals surface area contributed by atoms with E-state index in [0.717, 1.165) is 150 Å². The topological polar surface area (TPSA) is 18.1 Å². The van der Waals surface area contributed by atoms with Crippen molar-refractivity contribution in [2.45, 2.75) is 0 Å². The third-order valence-electron chi connectivity index (χ3n) is 16.2. The van der Waals surface area contributed by atoms with Crippen molar-refractivity contribution >= 4 is 44.6 Å². The molecule has 2 nitrogen and oxygen atoms in total. The summed E-state index contributed by atoms with van der Waals surface area (Å²) in [5, 5.41) is 4.03. The Morgan fingerprint density at radius 1 is 0.241 bits per heavy atom. The minimum Gasteiger partial charge on any atom is -0.439 e. The summed E-state index contributed by atoms with van der Waals surface area (Å²) >= 11 is 6.97. The Morgan fingerprint density at radius 3 is 0.952 bits per heavy atom. The van der Waals surface area contributed by atoms with Crippen molar-refractivity contribution in [3.8, 4) is 117 Å². The lowest BCUT2D eigenvalue weighted by atomic mass is 9.73. The normalized spacial score (nSPS) is 11.4. The molecule has 0 spiro atoms. The monoisotopic (exact) mass is 1080 g/mol. The Morgan fingerprint density at radius 2 is 0.542 bits per heavy atom. The third kappa shape index (κ3) is 9.03. The van der Waals surface area contributed by atoms with E-state index < -0.39 is 0 Å². The number of halogens is 1. The van der Waals surface area contributed by atoms with Gasteiger partial charge in [-0.05, 0) is 184 Å². The Hall–Kier alpha value is -10.5. The predicted molar refractivity (Wildman–Crippen MR) is 350 cm³/mol. The third-order valence-corrected chi connectivity index (χ3v) is 16.5. The maximum atomic E-state index is 6.97. The molecule has 0 N–H and O–H groups in total. The van der Waals surface area contributed by atoms with Crippen LogP contribution in [0.5, 0.6) is 0 Å². The molecule has 15 rings (SSSR count). The van der Waals surface area contributed by atoms with Gasteiger partial charge >= 0.3 is 0 Å². The van der Waals surface area contributed by atoms with E-state index in [4.69, 9.17) is 16.0 Å². The molecule has 13 aromatic carbocycles. The van der Waals surface area contributed by atoms with Gasteiger partial charge in [0, 0.05) is 21.5 Å². The fourth-order valence-electron chi connectivity index (χ4n) is 12.5. The molecular weight excluding hydrogens is 1030 g/mol. The van der Waals surface area contributed by atoms with Gasteiger partial charge in [-0.25, -0.2) is 0 Å². The molecule has 0 saturated carbocycles. The van der Waals surface area contributed by atoms with Crippen LogP contribution >= 0.6 is 11.6 Å². The van der Waals surface area contributed by atoms with Gasteiger partial charge in [0.1, 0.15) is 5.58 Å². The molecule has 0 atom stereocenters. The summed E-state index contributed by atoms with van der Waals surface area (Å²) in [5.41, 5.74) is 25.9. The van der Waals surface area contributed by atoms with Crippen LogP contribution in [0.4, 0.5) is 0 Å². The van der Waals surface area contributed by atoms with E-state index in [0.29, 0.717) is 5.02 Å². The smallest absolute Gasteiger partial charge is 0.213 e. The standard InChI is InChI=1S/C80H52ClNO/c81-67-43-39-59(40-44-67)75-76(60-41-45-68(46-42-60)82-71-37-21-19-35-69(71)79-70-36-20-22-38-72(70)83-80(79)82)78(66-51-63(55-27-11-3-12-28-55)48-64(52-66)56-29-13-4-14-30-56)74(58-33-17-6-18-34-58)73(57-31-15-5-16-32-57)77(75)65-49-61(53-23-7-1-8-24-53)47-62(50-65)54-25-9-2-10-26-54/h1-52H. The maximum Gasteiger partial charge on any atom is 0.213 e. The summed E-state index contributed by atoms with van der Waals surface area (Å²) in [6, 6.07) is 114. The van der Waals surface area contributed by atoms with E-state index >= 15 is 0 Å². The molecule has 0 amide bonds. The van der Waals surface area contributed by atoms with Crippen molar-refractivity contribution < 1.29 is 4.42 Å². The average Bonchev–Trinajstić information content (AvgIpc) is 2.77. The molecule has 2 aromatic heterocycles. The van der Waals surface area contributed by atoms with Gasteiger partial charge in [0.2, 0.25) is 5.71 Å². The summed E-state index contributed by atoms with van der Waals surface area (Å²) in [6.45, 7) is 0. The lowest BCUT2D eigenvalue weighted by Gasteiger charge is -2.29. The van der Waals surface area contributed by atoms with Gasteiger partial charge in [0.15, 0.2) is 0 Å². The van der Waals surface area contributed by atoms with Crippen LogP contribution in [0.1, 0.15) is 0 Å². The van der Waals surface area contributed by atoms with Crippen molar-refractivity contribution in [2.24, 2.45) is 0 Å². The van der Waals surface area contributed by atoms with Gasteiger partial charge in [0.25, 0.3) is 0 Å². The molecule has 2 heterocycles. The van der Waals surface area contributed by atoms with Crippen molar-refractivity contribution in [3.63, 3.8) is 0 Å². The molecule has 0 bridgehead atoms. The first-order chi connectivity index (χ1) is 41.1. The maximum absolute atomic E-state index is 6.97. The highest BCUT2D eigenvalue weighted by Crippen LogP contribution is 2.57. The van der Waals surface area contributed by atoms with E-state index in [1.165, 1.54) is 0 Å². The molecule has 0 saturated heterocycles. The van der Waals surface area contributed by atoms with Gasteiger partial charge < -0.3 is 4.42 Å². The number of para-hydroxylation sites is 2. The van der Waals surface area contributed by atoms with Crippen LogP contribution in [0.3, 0.4) is 0 Å². The van der Waals surface area contributed by atoms with Crippen LogP contribution in [0.15, 0.2) is 320 Å². The number of hydrogen-bond donors (Lipinski definition) is 0. The van der Waals surface area contributed by atoms with Gasteiger partial charge in [-0.3, -0.25) is 4.57 Å². The molecule has 0 unspecified atom stereocenters. The number of rotatable bonds is 11. The Bertz CT molecular complexity index is 4720. The molecule has 15 aromatic rings. The number of fused-ring (bicyclic) bond motifs is 5. The highest BCUT2D eigenvalue weighted by Gasteiger charge is 2.31. The number of benzene rings is 13. The first-order valence-corrected chi connectivity index (χ1v) is 28.6. The van der Waals surface area contributed by atoms with E-state index in [9.17, 15) is 0 Å². The summed E-state index contributed by atoms with van der Waals surface area (Å²) in [5.74, 6) is 0. The van der Waals surface area contributed by atoms with Crippen LogP contribution < -0.4 is 0 Å². The number of hydrogen-bond acceptors (Lipinski definition) is 1. The molecule has 83 heavy (non-hydrogen) atoms. The first kappa shape index (κ1) is 49.5. The summed E-state index contributed by atoms with van der Waals surface area (Å²) in [7, 11) is 0. The first-order valence-electron chi connectivity index (χ1n) is 28.2. The second kappa shape index (κ2) is 21.2. The number of furan rings is 1. The fourth-order valence-corrected chi connectivity index (χ4v) is 12.6. The van der Waals surface area contributed by atoms with Gasteiger partial charge in [-0.15, -0.1) is 0 Å². The zero-order chi connectivity index (χ0) is 55.2. The molecule has 0 aliphatic heterocycles. The highest BCUT2D eigenvalue weighted by atomic mass is 35.5. The van der Waals surface area contributed by atoms with Crippen molar-refractivity contribution in [1.29, 1.82) is 0 Å². The Labute approximate surface area is 488 Å². The summed E-state index contributed by atoms with van der Waals surface area (Å²) in [6.07, 6.45) is 0. The number of aromatic nitrogens is 1. The van der Waals surface area contributed by atoms with Crippen molar-refractivity contribution in [3.05, 3.63) is 320 Å². The van der Waals surface area contributed by atoms with Gasteiger partial charge in [-0.2, -0.15) is 0 Å². The molecule has 0 aliphatic carbocycles. The Kier molecular flexibility index (Phi) is 12.6. The van der Waals surface area contributed by atoms with Crippen LogP contribution in [0.2, 0.25) is 5.02 Å². The molecule has 0 radical (unpaired) electrons.